The number of anilines is 2. The largest absolute Gasteiger partial charge is 0.393 e. The number of rotatable bonds is 3. The quantitative estimate of drug-likeness (QED) is 0.697. The van der Waals surface area contributed by atoms with Gasteiger partial charge >= 0.3 is 0 Å². The number of nitrogen functional groups attached to an aromatic ring is 1. The molecule has 0 aliphatic heterocycles. The lowest BCUT2D eigenvalue weighted by molar-refractivity contribution is 0.178. The van der Waals surface area contributed by atoms with Gasteiger partial charge in [0.25, 0.3) is 0 Å². The summed E-state index contributed by atoms with van der Waals surface area (Å²) < 4.78 is 0. The van der Waals surface area contributed by atoms with Crippen LogP contribution in [-0.2, 0) is 0 Å². The van der Waals surface area contributed by atoms with Gasteiger partial charge in [-0.3, -0.25) is 0 Å². The summed E-state index contributed by atoms with van der Waals surface area (Å²) in [6.07, 6.45) is 4.60. The minimum Gasteiger partial charge on any atom is -0.393 e. The maximum Gasteiger partial charge on any atom is 0.123 e. The SMILES string of the molecule is Nc1ccc(NCC2CCC(O)C2)cn1. The van der Waals surface area contributed by atoms with Crippen molar-refractivity contribution in [2.75, 3.05) is 17.6 Å². The number of pyridine rings is 1. The standard InChI is InChI=1S/C11H17N3O/c12-11-4-2-9(7-14-11)13-6-8-1-3-10(15)5-8/h2,4,7-8,10,13,15H,1,3,5-6H2,(H2,12,14). The molecule has 1 fully saturated rings. The van der Waals surface area contributed by atoms with Crippen LogP contribution in [0.25, 0.3) is 0 Å². The van der Waals surface area contributed by atoms with Crippen LogP contribution < -0.4 is 11.1 Å². The topological polar surface area (TPSA) is 71.2 Å². The molecule has 0 spiro atoms. The average molecular weight is 207 g/mol. The molecule has 82 valence electrons. The third kappa shape index (κ3) is 2.83. The summed E-state index contributed by atoms with van der Waals surface area (Å²) in [5.41, 5.74) is 6.48. The number of nitrogens with two attached hydrogens (primary N) is 1. The fraction of sp³-hybridized carbons (Fsp3) is 0.545. The summed E-state index contributed by atoms with van der Waals surface area (Å²) in [6, 6.07) is 3.71. The van der Waals surface area contributed by atoms with Crippen molar-refractivity contribution in [1.29, 1.82) is 0 Å². The molecule has 0 amide bonds. The first-order valence-corrected chi connectivity index (χ1v) is 5.37. The van der Waals surface area contributed by atoms with Crippen LogP contribution in [-0.4, -0.2) is 22.7 Å². The van der Waals surface area contributed by atoms with Crippen molar-refractivity contribution in [3.63, 3.8) is 0 Å². The van der Waals surface area contributed by atoms with Crippen LogP contribution in [0.15, 0.2) is 18.3 Å². The molecule has 0 saturated heterocycles. The smallest absolute Gasteiger partial charge is 0.123 e. The first-order valence-electron chi connectivity index (χ1n) is 5.37. The molecule has 4 heteroatoms. The summed E-state index contributed by atoms with van der Waals surface area (Å²) in [6.45, 7) is 0.905. The molecule has 15 heavy (non-hydrogen) atoms. The van der Waals surface area contributed by atoms with Crippen molar-refractivity contribution in [3.05, 3.63) is 18.3 Å². The van der Waals surface area contributed by atoms with E-state index in [1.807, 2.05) is 6.07 Å². The van der Waals surface area contributed by atoms with Crippen molar-refractivity contribution < 1.29 is 5.11 Å². The van der Waals surface area contributed by atoms with Crippen molar-refractivity contribution >= 4 is 11.5 Å². The third-order valence-electron chi connectivity index (χ3n) is 2.89. The summed E-state index contributed by atoms with van der Waals surface area (Å²) in [4.78, 5) is 4.01. The molecule has 1 aliphatic carbocycles. The molecule has 2 unspecified atom stereocenters. The van der Waals surface area contributed by atoms with Crippen molar-refractivity contribution in [2.45, 2.75) is 25.4 Å². The molecule has 0 aromatic carbocycles. The van der Waals surface area contributed by atoms with E-state index in [1.54, 1.807) is 12.3 Å². The molecule has 1 saturated carbocycles. The Kier molecular flexibility index (Phi) is 3.06. The molecule has 1 aromatic rings. The normalized spacial score (nSPS) is 25.4. The second kappa shape index (κ2) is 4.49. The van der Waals surface area contributed by atoms with E-state index in [9.17, 15) is 5.11 Å². The van der Waals surface area contributed by atoms with Crippen molar-refractivity contribution in [1.82, 2.24) is 4.98 Å². The highest BCUT2D eigenvalue weighted by atomic mass is 16.3. The Morgan fingerprint density at radius 1 is 1.47 bits per heavy atom. The van der Waals surface area contributed by atoms with E-state index in [4.69, 9.17) is 5.73 Å². The molecule has 2 atom stereocenters. The van der Waals surface area contributed by atoms with E-state index >= 15 is 0 Å². The van der Waals surface area contributed by atoms with Gasteiger partial charge in [0.2, 0.25) is 0 Å². The van der Waals surface area contributed by atoms with Crippen LogP contribution in [0.4, 0.5) is 11.5 Å². The number of nitrogens with zero attached hydrogens (tertiary/aromatic N) is 1. The number of aliphatic hydroxyl groups is 1. The zero-order valence-corrected chi connectivity index (χ0v) is 8.69. The fourth-order valence-corrected chi connectivity index (χ4v) is 2.01. The monoisotopic (exact) mass is 207 g/mol. The maximum atomic E-state index is 9.38. The van der Waals surface area contributed by atoms with Gasteiger partial charge < -0.3 is 16.2 Å². The van der Waals surface area contributed by atoms with Gasteiger partial charge in [0, 0.05) is 6.54 Å². The summed E-state index contributed by atoms with van der Waals surface area (Å²) >= 11 is 0. The lowest BCUT2D eigenvalue weighted by Crippen LogP contribution is -2.12. The number of hydrogen-bond donors (Lipinski definition) is 3. The molecule has 1 aromatic heterocycles. The number of nitrogens with one attached hydrogen (secondary N) is 1. The van der Waals surface area contributed by atoms with E-state index < -0.39 is 0 Å². The predicted octanol–water partition coefficient (Wildman–Crippen LogP) is 1.24. The van der Waals surface area contributed by atoms with E-state index in [2.05, 4.69) is 10.3 Å². The average Bonchev–Trinajstić information content (AvgIpc) is 2.64. The molecule has 4 nitrogen and oxygen atoms in total. The number of hydrogen-bond acceptors (Lipinski definition) is 4. The van der Waals surface area contributed by atoms with Crippen molar-refractivity contribution in [2.24, 2.45) is 5.92 Å². The summed E-state index contributed by atoms with van der Waals surface area (Å²) in [7, 11) is 0. The van der Waals surface area contributed by atoms with Crippen LogP contribution in [0.3, 0.4) is 0 Å². The van der Waals surface area contributed by atoms with Gasteiger partial charge in [0.1, 0.15) is 5.82 Å². The Morgan fingerprint density at radius 3 is 2.93 bits per heavy atom. The summed E-state index contributed by atoms with van der Waals surface area (Å²) in [5, 5.41) is 12.7. The number of aliphatic hydroxyl groups excluding tert-OH is 1. The highest BCUT2D eigenvalue weighted by Gasteiger charge is 2.22. The number of aromatic nitrogens is 1. The third-order valence-corrected chi connectivity index (χ3v) is 2.89. The van der Waals surface area contributed by atoms with Gasteiger partial charge in [0.05, 0.1) is 18.0 Å². The minimum absolute atomic E-state index is 0.0960. The Bertz CT molecular complexity index is 312. The Hall–Kier alpha value is -1.29. The van der Waals surface area contributed by atoms with Crippen LogP contribution in [0, 0.1) is 5.92 Å². The van der Waals surface area contributed by atoms with Gasteiger partial charge in [0.15, 0.2) is 0 Å². The van der Waals surface area contributed by atoms with E-state index in [1.165, 1.54) is 0 Å². The summed E-state index contributed by atoms with van der Waals surface area (Å²) in [5.74, 6) is 1.12. The van der Waals surface area contributed by atoms with E-state index in [0.717, 1.165) is 31.5 Å². The lowest BCUT2D eigenvalue weighted by Gasteiger charge is -2.11. The molecule has 4 N–H and O–H groups in total. The van der Waals surface area contributed by atoms with E-state index in [0.29, 0.717) is 11.7 Å². The fourth-order valence-electron chi connectivity index (χ4n) is 2.01. The second-order valence-electron chi connectivity index (χ2n) is 4.19. The van der Waals surface area contributed by atoms with Crippen LogP contribution in [0.2, 0.25) is 0 Å². The maximum absolute atomic E-state index is 9.38. The molecule has 2 rings (SSSR count). The lowest BCUT2D eigenvalue weighted by atomic mass is 10.1. The van der Waals surface area contributed by atoms with Crippen LogP contribution >= 0.6 is 0 Å². The Morgan fingerprint density at radius 2 is 2.33 bits per heavy atom. The molecule has 0 bridgehead atoms. The van der Waals surface area contributed by atoms with E-state index in [-0.39, 0.29) is 6.10 Å². The molecular formula is C11H17N3O. The molecule has 0 radical (unpaired) electrons. The Balaban J connectivity index is 1.80. The first-order chi connectivity index (χ1) is 7.24. The van der Waals surface area contributed by atoms with Gasteiger partial charge in [-0.15, -0.1) is 0 Å². The van der Waals surface area contributed by atoms with Crippen LogP contribution in [0.5, 0.6) is 0 Å². The van der Waals surface area contributed by atoms with Gasteiger partial charge in [-0.1, -0.05) is 0 Å². The molecule has 1 aliphatic rings. The highest BCUT2D eigenvalue weighted by Crippen LogP contribution is 2.25. The van der Waals surface area contributed by atoms with Gasteiger partial charge in [-0.05, 0) is 37.3 Å². The Labute approximate surface area is 89.5 Å². The van der Waals surface area contributed by atoms with Gasteiger partial charge in [-0.2, -0.15) is 0 Å². The molecule has 1 heterocycles. The van der Waals surface area contributed by atoms with Gasteiger partial charge in [-0.25, -0.2) is 4.98 Å². The van der Waals surface area contributed by atoms with Crippen LogP contribution in [0.1, 0.15) is 19.3 Å². The first kappa shape index (κ1) is 10.2. The second-order valence-corrected chi connectivity index (χ2v) is 4.19. The highest BCUT2D eigenvalue weighted by molar-refractivity contribution is 5.45. The zero-order chi connectivity index (χ0) is 10.7. The minimum atomic E-state index is -0.0960. The zero-order valence-electron chi connectivity index (χ0n) is 8.69. The predicted molar refractivity (Wildman–Crippen MR) is 60.5 cm³/mol. The van der Waals surface area contributed by atoms with Crippen molar-refractivity contribution in [3.8, 4) is 0 Å². The molecular weight excluding hydrogens is 190 g/mol.